The molecule has 0 N–H and O–H groups in total. The summed E-state index contributed by atoms with van der Waals surface area (Å²) in [5.74, 6) is -0.00782. The van der Waals surface area contributed by atoms with Gasteiger partial charge in [0, 0.05) is 10.4 Å². The molecule has 142 valence electrons. The molecule has 0 saturated heterocycles. The molecule has 27 heavy (non-hydrogen) atoms. The maximum absolute atomic E-state index is 12.1. The van der Waals surface area contributed by atoms with Gasteiger partial charge in [-0.05, 0) is 37.5 Å². The van der Waals surface area contributed by atoms with Gasteiger partial charge in [-0.3, -0.25) is 0 Å². The Morgan fingerprint density at radius 3 is 2.63 bits per heavy atom. The molecule has 0 fully saturated rings. The number of hydrogen-bond acceptors (Lipinski definition) is 5. The summed E-state index contributed by atoms with van der Waals surface area (Å²) in [6, 6.07) is 7.15. The molecule has 0 aliphatic heterocycles. The van der Waals surface area contributed by atoms with Crippen molar-refractivity contribution >= 4 is 40.5 Å². The average Bonchev–Trinajstić information content (AvgIpc) is 3.19. The predicted molar refractivity (Wildman–Crippen MR) is 109 cm³/mol. The highest BCUT2D eigenvalue weighted by molar-refractivity contribution is 7.14. The summed E-state index contributed by atoms with van der Waals surface area (Å²) < 4.78 is 6.41. The van der Waals surface area contributed by atoms with Crippen molar-refractivity contribution in [1.29, 1.82) is 0 Å². The minimum atomic E-state index is -0.452. The zero-order valence-electron chi connectivity index (χ0n) is 15.4. The Balaban J connectivity index is 2.15. The summed E-state index contributed by atoms with van der Waals surface area (Å²) in [5, 5.41) is 6.01. The van der Waals surface area contributed by atoms with E-state index in [2.05, 4.69) is 18.9 Å². The van der Waals surface area contributed by atoms with Crippen molar-refractivity contribution in [2.45, 2.75) is 27.2 Å². The van der Waals surface area contributed by atoms with Crippen LogP contribution in [0.15, 0.2) is 24.3 Å². The monoisotopic (exact) mass is 423 g/mol. The fraction of sp³-hybridized carbons (Fsp3) is 0.316. The molecule has 0 atom stereocenters. The van der Waals surface area contributed by atoms with Crippen molar-refractivity contribution in [2.75, 3.05) is 7.11 Å². The first-order chi connectivity index (χ1) is 12.8. The van der Waals surface area contributed by atoms with Gasteiger partial charge >= 0.3 is 5.97 Å². The molecule has 1 aromatic carbocycles. The van der Waals surface area contributed by atoms with Crippen LogP contribution in [-0.2, 0) is 11.2 Å². The number of carbonyl (C=O) groups is 1. The fourth-order valence-electron chi connectivity index (χ4n) is 2.70. The number of esters is 1. The molecular formula is C19H19Cl2N3O2S. The number of hydrogen-bond donors (Lipinski definition) is 0. The van der Waals surface area contributed by atoms with Gasteiger partial charge in [-0.15, -0.1) is 0 Å². The highest BCUT2D eigenvalue weighted by Gasteiger charge is 2.21. The number of thiazole rings is 1. The maximum Gasteiger partial charge on any atom is 0.356 e. The lowest BCUT2D eigenvalue weighted by Gasteiger charge is -2.06. The van der Waals surface area contributed by atoms with E-state index in [0.717, 1.165) is 22.6 Å². The van der Waals surface area contributed by atoms with E-state index in [9.17, 15) is 4.79 Å². The van der Waals surface area contributed by atoms with Crippen LogP contribution in [0.1, 0.15) is 34.9 Å². The topological polar surface area (TPSA) is 57.0 Å². The second kappa shape index (κ2) is 8.00. The largest absolute Gasteiger partial charge is 0.464 e. The molecule has 0 unspecified atom stereocenters. The number of aromatic nitrogens is 3. The standard InChI is InChI=1S/C19H19Cl2N3O2S/c1-10(2)7-16-17(12-5-6-13(20)14(21)9-12)22-19(27-16)24-15(18(25)26-4)8-11(3)23-24/h5-6,8-10H,7H2,1-4H3. The molecule has 0 radical (unpaired) electrons. The van der Waals surface area contributed by atoms with Gasteiger partial charge in [-0.25, -0.2) is 9.78 Å². The van der Waals surface area contributed by atoms with E-state index in [0.29, 0.717) is 32.5 Å². The number of nitrogens with zero attached hydrogens (tertiary/aromatic N) is 3. The van der Waals surface area contributed by atoms with Crippen LogP contribution >= 0.6 is 34.5 Å². The van der Waals surface area contributed by atoms with Crippen LogP contribution in [0.25, 0.3) is 16.4 Å². The highest BCUT2D eigenvalue weighted by atomic mass is 35.5. The van der Waals surface area contributed by atoms with E-state index < -0.39 is 5.97 Å². The summed E-state index contributed by atoms with van der Waals surface area (Å²) >= 11 is 13.8. The van der Waals surface area contributed by atoms with Crippen LogP contribution in [0.3, 0.4) is 0 Å². The molecule has 3 rings (SSSR count). The minimum absolute atomic E-state index is 0.348. The van der Waals surface area contributed by atoms with Crippen molar-refractivity contribution in [3.8, 4) is 16.4 Å². The Labute approximate surface area is 171 Å². The van der Waals surface area contributed by atoms with Crippen LogP contribution in [0, 0.1) is 12.8 Å². The Bertz CT molecular complexity index is 995. The molecule has 0 saturated carbocycles. The van der Waals surface area contributed by atoms with Gasteiger partial charge in [0.1, 0.15) is 0 Å². The van der Waals surface area contributed by atoms with Gasteiger partial charge in [-0.1, -0.05) is 54.5 Å². The third-order valence-corrected chi connectivity index (χ3v) is 5.67. The van der Waals surface area contributed by atoms with E-state index >= 15 is 0 Å². The summed E-state index contributed by atoms with van der Waals surface area (Å²) in [5.41, 5.74) is 2.77. The Hall–Kier alpha value is -1.89. The van der Waals surface area contributed by atoms with Crippen LogP contribution < -0.4 is 0 Å². The van der Waals surface area contributed by atoms with E-state index in [1.807, 2.05) is 19.1 Å². The predicted octanol–water partition coefficient (Wildman–Crippen LogP) is 5.60. The normalized spacial score (nSPS) is 11.2. The zero-order chi connectivity index (χ0) is 19.7. The van der Waals surface area contributed by atoms with Gasteiger partial charge in [-0.2, -0.15) is 9.78 Å². The van der Waals surface area contributed by atoms with E-state index in [4.69, 9.17) is 32.9 Å². The summed E-state index contributed by atoms with van der Waals surface area (Å²) in [6.07, 6.45) is 0.848. The lowest BCUT2D eigenvalue weighted by molar-refractivity contribution is 0.0590. The lowest BCUT2D eigenvalue weighted by atomic mass is 10.0. The van der Waals surface area contributed by atoms with E-state index in [1.54, 1.807) is 12.1 Å². The lowest BCUT2D eigenvalue weighted by Crippen LogP contribution is -2.10. The van der Waals surface area contributed by atoms with Crippen molar-refractivity contribution < 1.29 is 9.53 Å². The van der Waals surface area contributed by atoms with Gasteiger partial charge in [0.2, 0.25) is 5.13 Å². The first-order valence-electron chi connectivity index (χ1n) is 8.40. The second-order valence-corrected chi connectivity index (χ2v) is 8.45. The van der Waals surface area contributed by atoms with Gasteiger partial charge < -0.3 is 4.74 Å². The number of methoxy groups -OCH3 is 1. The number of aryl methyl sites for hydroxylation is 1. The molecule has 0 spiro atoms. The van der Waals surface area contributed by atoms with Crippen molar-refractivity contribution in [3.63, 3.8) is 0 Å². The van der Waals surface area contributed by atoms with E-state index in [1.165, 1.54) is 23.1 Å². The third-order valence-electron chi connectivity index (χ3n) is 3.88. The molecule has 2 heterocycles. The van der Waals surface area contributed by atoms with Crippen LogP contribution in [0.5, 0.6) is 0 Å². The molecule has 8 heteroatoms. The molecule has 3 aromatic rings. The Morgan fingerprint density at radius 1 is 1.26 bits per heavy atom. The summed E-state index contributed by atoms with van der Waals surface area (Å²) in [6.45, 7) is 6.12. The van der Waals surface area contributed by atoms with Gasteiger partial charge in [0.15, 0.2) is 5.69 Å². The SMILES string of the molecule is COC(=O)c1cc(C)nn1-c1nc(-c2ccc(Cl)c(Cl)c2)c(CC(C)C)s1. The molecule has 0 aliphatic carbocycles. The second-order valence-electron chi connectivity index (χ2n) is 6.57. The van der Waals surface area contributed by atoms with Gasteiger partial charge in [0.25, 0.3) is 0 Å². The number of halogens is 2. The van der Waals surface area contributed by atoms with Crippen molar-refractivity contribution in [2.24, 2.45) is 5.92 Å². The summed E-state index contributed by atoms with van der Waals surface area (Å²) in [4.78, 5) is 18.0. The maximum atomic E-state index is 12.1. The highest BCUT2D eigenvalue weighted by Crippen LogP contribution is 2.35. The molecule has 0 aliphatic rings. The summed E-state index contributed by atoms with van der Waals surface area (Å²) in [7, 11) is 1.35. The van der Waals surface area contributed by atoms with Crippen LogP contribution in [-0.4, -0.2) is 27.8 Å². The van der Waals surface area contributed by atoms with Gasteiger partial charge in [0.05, 0.1) is 28.5 Å². The first-order valence-corrected chi connectivity index (χ1v) is 9.98. The molecule has 0 amide bonds. The number of carbonyl (C=O) groups excluding carboxylic acids is 1. The molecular weight excluding hydrogens is 405 g/mol. The van der Waals surface area contributed by atoms with Crippen molar-refractivity contribution in [3.05, 3.63) is 50.6 Å². The average molecular weight is 424 g/mol. The molecule has 0 bridgehead atoms. The molecule has 2 aromatic heterocycles. The number of benzene rings is 1. The number of ether oxygens (including phenoxy) is 1. The third kappa shape index (κ3) is 4.18. The first kappa shape index (κ1) is 19.9. The zero-order valence-corrected chi connectivity index (χ0v) is 17.7. The smallest absolute Gasteiger partial charge is 0.356 e. The fourth-order valence-corrected chi connectivity index (χ4v) is 4.26. The van der Waals surface area contributed by atoms with Crippen molar-refractivity contribution in [1.82, 2.24) is 14.8 Å². The number of rotatable bonds is 5. The molecule has 5 nitrogen and oxygen atoms in total. The van der Waals surface area contributed by atoms with Crippen LogP contribution in [0.4, 0.5) is 0 Å². The van der Waals surface area contributed by atoms with E-state index in [-0.39, 0.29) is 0 Å². The van der Waals surface area contributed by atoms with Crippen LogP contribution in [0.2, 0.25) is 10.0 Å². The Kier molecular flexibility index (Phi) is 5.89. The quantitative estimate of drug-likeness (QED) is 0.501. The Morgan fingerprint density at radius 2 is 2.00 bits per heavy atom. The minimum Gasteiger partial charge on any atom is -0.464 e.